The number of fused-ring (bicyclic) bond motifs is 1. The lowest BCUT2D eigenvalue weighted by molar-refractivity contribution is -0.274. The maximum Gasteiger partial charge on any atom is 0.573 e. The molecule has 1 aromatic heterocycles. The first kappa shape index (κ1) is 26.5. The molecule has 0 unspecified atom stereocenters. The van der Waals surface area contributed by atoms with Crippen molar-refractivity contribution in [2.45, 2.75) is 59.1 Å². The summed E-state index contributed by atoms with van der Waals surface area (Å²) in [4.78, 5) is 18.0. The Hall–Kier alpha value is -3.58. The second kappa shape index (κ2) is 10.4. The highest BCUT2D eigenvalue weighted by atomic mass is 19.4. The zero-order valence-electron chi connectivity index (χ0n) is 21.4. The molecule has 1 N–H and O–H groups in total. The van der Waals surface area contributed by atoms with E-state index in [0.717, 1.165) is 27.6 Å². The van der Waals surface area contributed by atoms with Crippen LogP contribution < -0.4 is 10.3 Å². The van der Waals surface area contributed by atoms with Gasteiger partial charge in [0.05, 0.1) is 0 Å². The van der Waals surface area contributed by atoms with Crippen molar-refractivity contribution in [2.75, 3.05) is 0 Å². The minimum Gasteiger partial charge on any atom is -0.406 e. The van der Waals surface area contributed by atoms with Crippen LogP contribution in [0.15, 0.2) is 77.6 Å². The number of H-pyrrole nitrogens is 1. The topological polar surface area (TPSA) is 45.3 Å². The number of ether oxygens (including phenoxy) is 1. The van der Waals surface area contributed by atoms with Gasteiger partial charge in [-0.1, -0.05) is 68.8 Å². The van der Waals surface area contributed by atoms with Crippen LogP contribution in [0.4, 0.5) is 13.2 Å². The van der Waals surface area contributed by atoms with Gasteiger partial charge in [-0.3, -0.25) is 9.69 Å². The Morgan fingerprint density at radius 2 is 1.41 bits per heavy atom. The average Bonchev–Trinajstić information content (AvgIpc) is 2.80. The number of alkyl halides is 3. The minimum atomic E-state index is -4.73. The smallest absolute Gasteiger partial charge is 0.406 e. The molecule has 1 heterocycles. The van der Waals surface area contributed by atoms with Gasteiger partial charge in [0.15, 0.2) is 0 Å². The maximum absolute atomic E-state index is 12.9. The molecule has 0 saturated heterocycles. The van der Waals surface area contributed by atoms with Crippen LogP contribution in [0.1, 0.15) is 48.6 Å². The predicted octanol–water partition coefficient (Wildman–Crippen LogP) is 7.24. The highest BCUT2D eigenvalue weighted by molar-refractivity contribution is 5.79. The number of hydrogen-bond donors (Lipinski definition) is 1. The van der Waals surface area contributed by atoms with E-state index in [1.54, 1.807) is 12.1 Å². The average molecular weight is 509 g/mol. The van der Waals surface area contributed by atoms with Gasteiger partial charge < -0.3 is 9.72 Å². The van der Waals surface area contributed by atoms with Crippen LogP contribution in [0.2, 0.25) is 0 Å². The molecule has 0 fully saturated rings. The summed E-state index contributed by atoms with van der Waals surface area (Å²) in [5.74, 6) is -0.262. The van der Waals surface area contributed by atoms with Gasteiger partial charge in [-0.05, 0) is 64.7 Å². The molecule has 0 radical (unpaired) electrons. The molecule has 3 aromatic carbocycles. The van der Waals surface area contributed by atoms with Gasteiger partial charge >= 0.3 is 6.36 Å². The molecular weight excluding hydrogens is 477 g/mol. The number of nitrogens with zero attached hydrogens (tertiary/aromatic N) is 1. The largest absolute Gasteiger partial charge is 0.573 e. The lowest BCUT2D eigenvalue weighted by atomic mass is 9.87. The van der Waals surface area contributed by atoms with E-state index in [0.29, 0.717) is 25.2 Å². The van der Waals surface area contributed by atoms with Gasteiger partial charge in [0, 0.05) is 30.7 Å². The first-order valence-corrected chi connectivity index (χ1v) is 12.1. The van der Waals surface area contributed by atoms with Gasteiger partial charge in [0.25, 0.3) is 5.56 Å². The lowest BCUT2D eigenvalue weighted by Crippen LogP contribution is -2.26. The standard InChI is InChI=1S/C30H31F3N2O2/c1-20-5-14-27-23(15-20)16-24(28(36)34-27)19-35(17-21-6-10-25(11-7-21)29(2,3)4)18-22-8-12-26(13-9-22)37-30(31,32)33/h5-16H,17-19H2,1-4H3,(H,34,36). The van der Waals surface area contributed by atoms with Gasteiger partial charge in [-0.15, -0.1) is 13.2 Å². The van der Waals surface area contributed by atoms with Crippen molar-refractivity contribution in [1.29, 1.82) is 0 Å². The second-order valence-electron chi connectivity index (χ2n) is 10.5. The number of aromatic amines is 1. The van der Waals surface area contributed by atoms with Crippen LogP contribution in [0.3, 0.4) is 0 Å². The second-order valence-corrected chi connectivity index (χ2v) is 10.5. The molecule has 4 aromatic rings. The van der Waals surface area contributed by atoms with Crippen LogP contribution >= 0.6 is 0 Å². The Labute approximate surface area is 214 Å². The Morgan fingerprint density at radius 3 is 1.97 bits per heavy atom. The number of benzene rings is 3. The molecule has 0 atom stereocenters. The number of rotatable bonds is 7. The van der Waals surface area contributed by atoms with Gasteiger partial charge in [-0.2, -0.15) is 0 Å². The molecule has 7 heteroatoms. The Morgan fingerprint density at radius 1 is 0.811 bits per heavy atom. The van der Waals surface area contributed by atoms with E-state index in [-0.39, 0.29) is 16.7 Å². The van der Waals surface area contributed by atoms with E-state index in [2.05, 4.69) is 59.7 Å². The molecule has 0 spiro atoms. The Bertz CT molecular complexity index is 1420. The van der Waals surface area contributed by atoms with Crippen molar-refractivity contribution in [3.8, 4) is 5.75 Å². The van der Waals surface area contributed by atoms with E-state index in [9.17, 15) is 18.0 Å². The van der Waals surface area contributed by atoms with E-state index in [4.69, 9.17) is 0 Å². The van der Waals surface area contributed by atoms with E-state index in [1.165, 1.54) is 17.7 Å². The molecule has 37 heavy (non-hydrogen) atoms. The molecular formula is C30H31F3N2O2. The summed E-state index contributed by atoms with van der Waals surface area (Å²) in [6.07, 6.45) is -4.73. The summed E-state index contributed by atoms with van der Waals surface area (Å²) in [6, 6.07) is 22.0. The van der Waals surface area contributed by atoms with Crippen molar-refractivity contribution < 1.29 is 17.9 Å². The molecule has 0 aliphatic heterocycles. The third-order valence-electron chi connectivity index (χ3n) is 6.26. The summed E-state index contributed by atoms with van der Waals surface area (Å²) < 4.78 is 41.6. The van der Waals surface area contributed by atoms with E-state index < -0.39 is 6.36 Å². The highest BCUT2D eigenvalue weighted by Crippen LogP contribution is 2.25. The molecule has 0 bridgehead atoms. The van der Waals surface area contributed by atoms with Crippen molar-refractivity contribution in [1.82, 2.24) is 9.88 Å². The van der Waals surface area contributed by atoms with E-state index in [1.807, 2.05) is 31.2 Å². The molecule has 0 aliphatic carbocycles. The van der Waals surface area contributed by atoms with Gasteiger partial charge in [0.2, 0.25) is 0 Å². The highest BCUT2D eigenvalue weighted by Gasteiger charge is 2.31. The van der Waals surface area contributed by atoms with E-state index >= 15 is 0 Å². The van der Waals surface area contributed by atoms with Crippen molar-refractivity contribution in [3.05, 3.63) is 111 Å². The third-order valence-corrected chi connectivity index (χ3v) is 6.26. The first-order valence-electron chi connectivity index (χ1n) is 12.1. The predicted molar refractivity (Wildman–Crippen MR) is 141 cm³/mol. The van der Waals surface area contributed by atoms with Crippen molar-refractivity contribution >= 4 is 10.9 Å². The fraction of sp³-hybridized carbons (Fsp3) is 0.300. The third kappa shape index (κ3) is 7.23. The van der Waals surface area contributed by atoms with Crippen LogP contribution in [-0.4, -0.2) is 16.2 Å². The Kier molecular flexibility index (Phi) is 7.46. The number of hydrogen-bond acceptors (Lipinski definition) is 3. The fourth-order valence-corrected chi connectivity index (χ4v) is 4.32. The molecule has 4 nitrogen and oxygen atoms in total. The van der Waals surface area contributed by atoms with Crippen LogP contribution in [0.5, 0.6) is 5.75 Å². The van der Waals surface area contributed by atoms with Crippen LogP contribution in [0.25, 0.3) is 10.9 Å². The molecule has 4 rings (SSSR count). The summed E-state index contributed by atoms with van der Waals surface area (Å²) in [6.45, 7) is 9.87. The number of nitrogens with one attached hydrogen (secondary N) is 1. The first-order chi connectivity index (χ1) is 17.4. The molecule has 0 aliphatic rings. The molecule has 0 amide bonds. The van der Waals surface area contributed by atoms with Crippen LogP contribution in [0, 0.1) is 6.92 Å². The lowest BCUT2D eigenvalue weighted by Gasteiger charge is -2.24. The zero-order valence-corrected chi connectivity index (χ0v) is 21.4. The Balaban J connectivity index is 1.61. The number of aryl methyl sites for hydroxylation is 1. The van der Waals surface area contributed by atoms with Crippen LogP contribution in [-0.2, 0) is 25.0 Å². The van der Waals surface area contributed by atoms with Crippen molar-refractivity contribution in [3.63, 3.8) is 0 Å². The number of aromatic nitrogens is 1. The van der Waals surface area contributed by atoms with Gasteiger partial charge in [-0.25, -0.2) is 0 Å². The number of halogens is 3. The normalized spacial score (nSPS) is 12.3. The summed E-state index contributed by atoms with van der Waals surface area (Å²) >= 11 is 0. The summed E-state index contributed by atoms with van der Waals surface area (Å²) in [7, 11) is 0. The summed E-state index contributed by atoms with van der Waals surface area (Å²) in [5.41, 5.74) is 5.51. The monoisotopic (exact) mass is 508 g/mol. The van der Waals surface area contributed by atoms with Gasteiger partial charge in [0.1, 0.15) is 5.75 Å². The molecule has 194 valence electrons. The number of pyridine rings is 1. The molecule has 0 saturated carbocycles. The quantitative estimate of drug-likeness (QED) is 0.286. The SMILES string of the molecule is Cc1ccc2[nH]c(=O)c(CN(Cc3ccc(OC(F)(F)F)cc3)Cc3ccc(C(C)(C)C)cc3)cc2c1. The maximum atomic E-state index is 12.9. The minimum absolute atomic E-state index is 0.0367. The summed E-state index contributed by atoms with van der Waals surface area (Å²) in [5, 5.41) is 0.956. The fourth-order valence-electron chi connectivity index (χ4n) is 4.32. The zero-order chi connectivity index (χ0) is 26.8. The van der Waals surface area contributed by atoms with Crippen molar-refractivity contribution in [2.24, 2.45) is 0 Å².